The summed E-state index contributed by atoms with van der Waals surface area (Å²) in [6, 6.07) is 0. The molecule has 1 unspecified atom stereocenters. The zero-order chi connectivity index (χ0) is 11.6. The fourth-order valence-corrected chi connectivity index (χ4v) is 1.04. The number of hydrogen-bond donors (Lipinski definition) is 1. The molecule has 1 atom stereocenters. The lowest BCUT2D eigenvalue weighted by atomic mass is 9.80. The highest BCUT2D eigenvalue weighted by Gasteiger charge is 2.47. The van der Waals surface area contributed by atoms with Crippen molar-refractivity contribution in [1.82, 2.24) is 0 Å². The second-order valence-corrected chi connectivity index (χ2v) is 4.15. The van der Waals surface area contributed by atoms with E-state index in [0.29, 0.717) is 6.42 Å². The Morgan fingerprint density at radius 2 is 1.79 bits per heavy atom. The number of hydrogen-bond acceptors (Lipinski definition) is 1. The van der Waals surface area contributed by atoms with Crippen LogP contribution < -0.4 is 0 Å². The van der Waals surface area contributed by atoms with Gasteiger partial charge in [-0.15, -0.1) is 0 Å². The van der Waals surface area contributed by atoms with Gasteiger partial charge in [0.1, 0.15) is 0 Å². The third-order valence-corrected chi connectivity index (χ3v) is 2.41. The van der Waals surface area contributed by atoms with E-state index in [1.807, 2.05) is 0 Å². The average Bonchev–Trinajstić information content (AvgIpc) is 1.98. The number of carboxylic acids is 1. The minimum atomic E-state index is -4.65. The largest absolute Gasteiger partial charge is 0.481 e. The highest BCUT2D eigenvalue weighted by Crippen LogP contribution is 2.37. The molecular formula is C9H15F3O2. The maximum Gasteiger partial charge on any atom is 0.402 e. The molecule has 2 nitrogen and oxygen atoms in total. The van der Waals surface area contributed by atoms with Crippen molar-refractivity contribution in [3.63, 3.8) is 0 Å². The number of rotatable bonds is 4. The van der Waals surface area contributed by atoms with Crippen molar-refractivity contribution in [2.24, 2.45) is 11.3 Å². The van der Waals surface area contributed by atoms with E-state index >= 15 is 0 Å². The van der Waals surface area contributed by atoms with Crippen LogP contribution in [0.4, 0.5) is 13.2 Å². The van der Waals surface area contributed by atoms with Gasteiger partial charge in [0.2, 0.25) is 0 Å². The van der Waals surface area contributed by atoms with E-state index in [1.165, 1.54) is 0 Å². The molecule has 0 aromatic heterocycles. The van der Waals surface area contributed by atoms with Crippen LogP contribution in [0.1, 0.15) is 33.6 Å². The summed E-state index contributed by atoms with van der Waals surface area (Å²) in [6.07, 6.45) is -4.51. The molecule has 0 aromatic rings. The molecule has 0 amide bonds. The zero-order valence-corrected chi connectivity index (χ0v) is 8.48. The first-order chi connectivity index (χ1) is 6.10. The molecule has 0 bridgehead atoms. The summed E-state index contributed by atoms with van der Waals surface area (Å²) in [5.41, 5.74) is -0.599. The first-order valence-electron chi connectivity index (χ1n) is 4.39. The topological polar surface area (TPSA) is 37.3 Å². The molecule has 84 valence electrons. The number of halogens is 3. The van der Waals surface area contributed by atoms with Crippen LogP contribution in [0.25, 0.3) is 0 Å². The minimum absolute atomic E-state index is 0.373. The van der Waals surface area contributed by atoms with Gasteiger partial charge in [-0.05, 0) is 11.8 Å². The molecule has 0 saturated carbocycles. The summed E-state index contributed by atoms with van der Waals surface area (Å²) in [5, 5.41) is 8.45. The summed E-state index contributed by atoms with van der Waals surface area (Å²) in [6.45, 7) is 5.01. The van der Waals surface area contributed by atoms with Crippen molar-refractivity contribution in [3.8, 4) is 0 Å². The predicted molar refractivity (Wildman–Crippen MR) is 45.9 cm³/mol. The number of carboxylic acid groups (broad SMARTS) is 1. The summed E-state index contributed by atoms with van der Waals surface area (Å²) >= 11 is 0. The van der Waals surface area contributed by atoms with Gasteiger partial charge in [-0.3, -0.25) is 4.79 Å². The van der Waals surface area contributed by atoms with Gasteiger partial charge in [0.25, 0.3) is 0 Å². The van der Waals surface area contributed by atoms with Gasteiger partial charge >= 0.3 is 12.1 Å². The quantitative estimate of drug-likeness (QED) is 0.777. The third-order valence-electron chi connectivity index (χ3n) is 2.41. The fraction of sp³-hybridized carbons (Fsp3) is 0.889. The van der Waals surface area contributed by atoms with Crippen molar-refractivity contribution >= 4 is 5.97 Å². The Kier molecular flexibility index (Phi) is 3.97. The van der Waals surface area contributed by atoms with E-state index in [1.54, 1.807) is 20.8 Å². The first kappa shape index (κ1) is 13.3. The second kappa shape index (κ2) is 4.19. The molecule has 0 aromatic carbocycles. The Morgan fingerprint density at radius 1 is 1.36 bits per heavy atom. The van der Waals surface area contributed by atoms with E-state index in [9.17, 15) is 18.0 Å². The van der Waals surface area contributed by atoms with E-state index in [-0.39, 0.29) is 6.42 Å². The second-order valence-electron chi connectivity index (χ2n) is 4.15. The molecule has 0 aliphatic carbocycles. The molecule has 0 rings (SSSR count). The van der Waals surface area contributed by atoms with E-state index in [4.69, 9.17) is 5.11 Å². The summed E-state index contributed by atoms with van der Waals surface area (Å²) in [7, 11) is 0. The van der Waals surface area contributed by atoms with E-state index in [0.717, 1.165) is 0 Å². The maximum absolute atomic E-state index is 12.3. The molecule has 0 aliphatic heterocycles. The molecule has 5 heteroatoms. The molecule has 0 spiro atoms. The SMILES string of the molecule is CCC(C)(C)CC(C(=O)O)C(F)(F)F. The highest BCUT2D eigenvalue weighted by atomic mass is 19.4. The number of alkyl halides is 3. The Bertz CT molecular complexity index is 209. The van der Waals surface area contributed by atoms with Gasteiger partial charge in [0.05, 0.1) is 0 Å². The molecule has 0 aliphatic rings. The van der Waals surface area contributed by atoms with Crippen LogP contribution in [0.3, 0.4) is 0 Å². The molecule has 0 fully saturated rings. The first-order valence-corrected chi connectivity index (χ1v) is 4.39. The summed E-state index contributed by atoms with van der Waals surface area (Å²) in [5.74, 6) is -4.04. The minimum Gasteiger partial charge on any atom is -0.481 e. The molecule has 0 heterocycles. The fourth-order valence-electron chi connectivity index (χ4n) is 1.04. The Balaban J connectivity index is 4.64. The van der Waals surface area contributed by atoms with Gasteiger partial charge in [0, 0.05) is 0 Å². The Morgan fingerprint density at radius 3 is 2.00 bits per heavy atom. The van der Waals surface area contributed by atoms with Crippen molar-refractivity contribution < 1.29 is 23.1 Å². The van der Waals surface area contributed by atoms with Crippen LogP contribution >= 0.6 is 0 Å². The number of aliphatic carboxylic acids is 1. The van der Waals surface area contributed by atoms with E-state index in [2.05, 4.69) is 0 Å². The molecule has 0 radical (unpaired) electrons. The van der Waals surface area contributed by atoms with Gasteiger partial charge in [0.15, 0.2) is 5.92 Å². The van der Waals surface area contributed by atoms with Gasteiger partial charge in [-0.2, -0.15) is 13.2 Å². The van der Waals surface area contributed by atoms with Crippen LogP contribution in [-0.4, -0.2) is 17.3 Å². The van der Waals surface area contributed by atoms with Crippen LogP contribution in [-0.2, 0) is 4.79 Å². The van der Waals surface area contributed by atoms with Gasteiger partial charge in [-0.1, -0.05) is 27.2 Å². The molecular weight excluding hydrogens is 197 g/mol. The molecule has 1 N–H and O–H groups in total. The van der Waals surface area contributed by atoms with Crippen LogP contribution in [0.5, 0.6) is 0 Å². The summed E-state index contributed by atoms with van der Waals surface area (Å²) < 4.78 is 36.8. The lowest BCUT2D eigenvalue weighted by Gasteiger charge is -2.27. The summed E-state index contributed by atoms with van der Waals surface area (Å²) in [4.78, 5) is 10.4. The zero-order valence-electron chi connectivity index (χ0n) is 8.48. The average molecular weight is 212 g/mol. The Labute approximate surface area is 81.1 Å². The van der Waals surface area contributed by atoms with Crippen molar-refractivity contribution in [2.75, 3.05) is 0 Å². The highest BCUT2D eigenvalue weighted by molar-refractivity contribution is 5.70. The smallest absolute Gasteiger partial charge is 0.402 e. The van der Waals surface area contributed by atoms with Crippen molar-refractivity contribution in [1.29, 1.82) is 0 Å². The molecule has 14 heavy (non-hydrogen) atoms. The number of carbonyl (C=O) groups is 1. The van der Waals surface area contributed by atoms with Gasteiger partial charge < -0.3 is 5.11 Å². The molecule has 0 saturated heterocycles. The third kappa shape index (κ3) is 3.98. The van der Waals surface area contributed by atoms with Crippen molar-refractivity contribution in [2.45, 2.75) is 39.8 Å². The lowest BCUT2D eigenvalue weighted by molar-refractivity contribution is -0.199. The standard InChI is InChI=1S/C9H15F3O2/c1-4-8(2,3)5-6(7(13)14)9(10,11)12/h6H,4-5H2,1-3H3,(H,13,14). The Hall–Kier alpha value is -0.740. The van der Waals surface area contributed by atoms with Gasteiger partial charge in [-0.25, -0.2) is 0 Å². The van der Waals surface area contributed by atoms with Crippen molar-refractivity contribution in [3.05, 3.63) is 0 Å². The van der Waals surface area contributed by atoms with E-state index < -0.39 is 23.5 Å². The lowest BCUT2D eigenvalue weighted by Crippen LogP contribution is -2.34. The van der Waals surface area contributed by atoms with Crippen LogP contribution in [0.2, 0.25) is 0 Å². The predicted octanol–water partition coefficient (Wildman–Crippen LogP) is 3.08. The van der Waals surface area contributed by atoms with Crippen LogP contribution in [0.15, 0.2) is 0 Å². The normalized spacial score (nSPS) is 15.3. The van der Waals surface area contributed by atoms with Crippen LogP contribution in [0, 0.1) is 11.3 Å². The monoisotopic (exact) mass is 212 g/mol. The maximum atomic E-state index is 12.3.